The number of fused-ring (bicyclic) bond motifs is 1. The maximum absolute atomic E-state index is 5.41. The van der Waals surface area contributed by atoms with Gasteiger partial charge in [-0.2, -0.15) is 0 Å². The summed E-state index contributed by atoms with van der Waals surface area (Å²) in [6.45, 7) is 0. The van der Waals surface area contributed by atoms with Gasteiger partial charge in [0.05, 0.1) is 29.9 Å². The first kappa shape index (κ1) is 17.3. The molecule has 1 aliphatic heterocycles. The minimum atomic E-state index is 0.150. The van der Waals surface area contributed by atoms with Crippen LogP contribution in [0.5, 0.6) is 5.75 Å². The van der Waals surface area contributed by atoms with Gasteiger partial charge in [-0.15, -0.1) is 0 Å². The third-order valence-electron chi connectivity index (χ3n) is 4.92. The van der Waals surface area contributed by atoms with Gasteiger partial charge >= 0.3 is 0 Å². The Morgan fingerprint density at radius 1 is 0.840 bits per heavy atom. The van der Waals surface area contributed by atoms with E-state index in [2.05, 4.69) is 92.2 Å². The zero-order chi connectivity index (χ0) is 18.3. The number of anilines is 4. The minimum absolute atomic E-state index is 0.150. The van der Waals surface area contributed by atoms with E-state index in [1.165, 1.54) is 28.3 Å². The normalized spacial score (nSPS) is 13.9. The van der Waals surface area contributed by atoms with E-state index in [9.17, 15) is 0 Å². The van der Waals surface area contributed by atoms with E-state index in [4.69, 9.17) is 4.74 Å². The van der Waals surface area contributed by atoms with E-state index in [-0.39, 0.29) is 6.17 Å². The molecule has 0 aliphatic carbocycles. The number of benzene rings is 2. The molecule has 0 saturated carbocycles. The monoisotopic (exact) mass is 340 g/mol. The van der Waals surface area contributed by atoms with Crippen LogP contribution in [0.4, 0.5) is 22.7 Å². The first-order valence-corrected chi connectivity index (χ1v) is 8.47. The van der Waals surface area contributed by atoms with Crippen LogP contribution in [0.2, 0.25) is 0 Å². The van der Waals surface area contributed by atoms with Crippen molar-refractivity contribution in [3.05, 3.63) is 42.0 Å². The Morgan fingerprint density at radius 2 is 1.36 bits per heavy atom. The Hall–Kier alpha value is -2.56. The summed E-state index contributed by atoms with van der Waals surface area (Å²) in [5.74, 6) is 0.887. The number of rotatable bonds is 4. The van der Waals surface area contributed by atoms with Gasteiger partial charge in [-0.1, -0.05) is 12.1 Å². The van der Waals surface area contributed by atoms with Gasteiger partial charge in [0.15, 0.2) is 0 Å². The highest BCUT2D eigenvalue weighted by Gasteiger charge is 2.34. The molecule has 5 nitrogen and oxygen atoms in total. The zero-order valence-corrected chi connectivity index (χ0v) is 16.2. The van der Waals surface area contributed by atoms with Crippen molar-refractivity contribution in [1.29, 1.82) is 0 Å². The maximum Gasteiger partial charge on any atom is 0.128 e. The third-order valence-corrected chi connectivity index (χ3v) is 4.92. The van der Waals surface area contributed by atoms with E-state index in [0.717, 1.165) is 5.75 Å². The van der Waals surface area contributed by atoms with Gasteiger partial charge in [-0.05, 0) is 29.8 Å². The largest absolute Gasteiger partial charge is 0.497 e. The predicted octanol–water partition coefficient (Wildman–Crippen LogP) is 3.41. The highest BCUT2D eigenvalue weighted by Crippen LogP contribution is 2.49. The van der Waals surface area contributed by atoms with Crippen LogP contribution in [0.15, 0.2) is 36.4 Å². The first-order chi connectivity index (χ1) is 11.8. The summed E-state index contributed by atoms with van der Waals surface area (Å²) in [6.07, 6.45) is 0.150. The number of methoxy groups -OCH3 is 1. The molecule has 0 spiro atoms. The van der Waals surface area contributed by atoms with Crippen molar-refractivity contribution in [3.63, 3.8) is 0 Å². The van der Waals surface area contributed by atoms with Crippen LogP contribution in [0.25, 0.3) is 0 Å². The van der Waals surface area contributed by atoms with Crippen LogP contribution in [0.1, 0.15) is 11.7 Å². The summed E-state index contributed by atoms with van der Waals surface area (Å²) < 4.78 is 5.41. The van der Waals surface area contributed by atoms with Gasteiger partial charge in [0.2, 0.25) is 0 Å². The molecule has 25 heavy (non-hydrogen) atoms. The van der Waals surface area contributed by atoms with Crippen molar-refractivity contribution in [2.45, 2.75) is 6.17 Å². The van der Waals surface area contributed by atoms with Gasteiger partial charge in [0.25, 0.3) is 0 Å². The SMILES string of the molecule is COc1cccc(C2N(C)c3cc(N(C)C)c(N(C)C)cc3N2C)c1. The second-order valence-electron chi connectivity index (χ2n) is 6.99. The maximum atomic E-state index is 5.41. The molecule has 0 bridgehead atoms. The molecule has 0 amide bonds. The molecular formula is C20H28N4O. The smallest absolute Gasteiger partial charge is 0.128 e. The molecule has 5 heteroatoms. The molecule has 2 aromatic carbocycles. The van der Waals surface area contributed by atoms with E-state index in [0.29, 0.717) is 0 Å². The number of hydrogen-bond acceptors (Lipinski definition) is 5. The number of hydrogen-bond donors (Lipinski definition) is 0. The summed E-state index contributed by atoms with van der Waals surface area (Å²) in [6, 6.07) is 12.9. The fourth-order valence-electron chi connectivity index (χ4n) is 3.61. The Balaban J connectivity index is 2.09. The lowest BCUT2D eigenvalue weighted by Gasteiger charge is -2.28. The molecule has 0 radical (unpaired) electrons. The molecular weight excluding hydrogens is 312 g/mol. The van der Waals surface area contributed by atoms with Crippen molar-refractivity contribution in [2.75, 3.05) is 69.0 Å². The molecule has 0 N–H and O–H groups in total. The van der Waals surface area contributed by atoms with E-state index in [1.807, 2.05) is 6.07 Å². The topological polar surface area (TPSA) is 22.2 Å². The summed E-state index contributed by atoms with van der Waals surface area (Å²) in [4.78, 5) is 9.00. The highest BCUT2D eigenvalue weighted by atomic mass is 16.5. The Morgan fingerprint density at radius 3 is 1.80 bits per heavy atom. The summed E-state index contributed by atoms with van der Waals surface area (Å²) >= 11 is 0. The lowest BCUT2D eigenvalue weighted by atomic mass is 10.1. The molecule has 2 aromatic rings. The molecule has 0 aromatic heterocycles. The van der Waals surface area contributed by atoms with Gasteiger partial charge < -0.3 is 24.3 Å². The molecule has 134 valence electrons. The van der Waals surface area contributed by atoms with Crippen LogP contribution in [-0.4, -0.2) is 49.4 Å². The predicted molar refractivity (Wildman–Crippen MR) is 108 cm³/mol. The number of ether oxygens (including phenoxy) is 1. The van der Waals surface area contributed by atoms with Crippen LogP contribution >= 0.6 is 0 Å². The van der Waals surface area contributed by atoms with Crippen LogP contribution in [0, 0.1) is 0 Å². The molecule has 3 rings (SSSR count). The Labute approximate surface area is 151 Å². The second kappa shape index (κ2) is 6.39. The van der Waals surface area contributed by atoms with Crippen LogP contribution < -0.4 is 24.3 Å². The average Bonchev–Trinajstić information content (AvgIpc) is 2.84. The average molecular weight is 340 g/mol. The zero-order valence-electron chi connectivity index (χ0n) is 16.2. The lowest BCUT2D eigenvalue weighted by Crippen LogP contribution is -2.30. The van der Waals surface area contributed by atoms with Gasteiger partial charge in [0, 0.05) is 42.3 Å². The van der Waals surface area contributed by atoms with Crippen molar-refractivity contribution >= 4 is 22.7 Å². The van der Waals surface area contributed by atoms with Crippen molar-refractivity contribution in [2.24, 2.45) is 0 Å². The Bertz CT molecular complexity index is 731. The minimum Gasteiger partial charge on any atom is -0.497 e. The van der Waals surface area contributed by atoms with E-state index in [1.54, 1.807) is 7.11 Å². The van der Waals surface area contributed by atoms with Crippen LogP contribution in [0.3, 0.4) is 0 Å². The summed E-state index contributed by atoms with van der Waals surface area (Å²) in [7, 11) is 14.4. The molecule has 0 fully saturated rings. The van der Waals surface area contributed by atoms with Gasteiger partial charge in [-0.3, -0.25) is 0 Å². The van der Waals surface area contributed by atoms with Gasteiger partial charge in [-0.25, -0.2) is 0 Å². The first-order valence-electron chi connectivity index (χ1n) is 8.47. The standard InChI is InChI=1S/C20H28N4O/c1-21(2)16-12-18-19(13-17(16)22(3)4)24(6)20(23(18)5)14-9-8-10-15(11-14)25-7/h8-13,20H,1-7H3. The summed E-state index contributed by atoms with van der Waals surface area (Å²) in [5.41, 5.74) is 6.14. The van der Waals surface area contributed by atoms with Crippen molar-refractivity contribution in [1.82, 2.24) is 0 Å². The van der Waals surface area contributed by atoms with Crippen LogP contribution in [-0.2, 0) is 0 Å². The quantitative estimate of drug-likeness (QED) is 0.848. The molecule has 1 heterocycles. The molecule has 0 atom stereocenters. The second-order valence-corrected chi connectivity index (χ2v) is 6.99. The summed E-state index contributed by atoms with van der Waals surface area (Å²) in [5, 5.41) is 0. The van der Waals surface area contributed by atoms with Crippen molar-refractivity contribution < 1.29 is 4.74 Å². The highest BCUT2D eigenvalue weighted by molar-refractivity contribution is 5.88. The Kier molecular flexibility index (Phi) is 4.41. The van der Waals surface area contributed by atoms with Crippen molar-refractivity contribution in [3.8, 4) is 5.75 Å². The third kappa shape index (κ3) is 2.84. The molecule has 0 saturated heterocycles. The molecule has 1 aliphatic rings. The lowest BCUT2D eigenvalue weighted by molar-refractivity contribution is 0.413. The molecule has 0 unspecified atom stereocenters. The van der Waals surface area contributed by atoms with E-state index >= 15 is 0 Å². The van der Waals surface area contributed by atoms with Gasteiger partial charge in [0.1, 0.15) is 11.9 Å². The fourth-order valence-corrected chi connectivity index (χ4v) is 3.61. The fraction of sp³-hybridized carbons (Fsp3) is 0.400. The van der Waals surface area contributed by atoms with E-state index < -0.39 is 0 Å². The number of nitrogens with zero attached hydrogens (tertiary/aromatic N) is 4.